The first-order chi connectivity index (χ1) is 8.11. The summed E-state index contributed by atoms with van der Waals surface area (Å²) in [6, 6.07) is 6.91. The molecule has 0 aliphatic rings. The molecule has 0 unspecified atom stereocenters. The molecule has 0 amide bonds. The van der Waals surface area contributed by atoms with Gasteiger partial charge in [0.15, 0.2) is 5.78 Å². The van der Waals surface area contributed by atoms with Crippen molar-refractivity contribution in [2.24, 2.45) is 0 Å². The van der Waals surface area contributed by atoms with Gasteiger partial charge in [-0.3, -0.25) is 4.79 Å². The van der Waals surface area contributed by atoms with Crippen LogP contribution >= 0.6 is 22.6 Å². The average Bonchev–Trinajstić information content (AvgIpc) is 2.28. The monoisotopic (exact) mass is 342 g/mol. The van der Waals surface area contributed by atoms with E-state index < -0.39 is 5.97 Å². The number of rotatable bonds is 4. The molecule has 0 spiro atoms. The lowest BCUT2D eigenvalue weighted by atomic mass is 10.2. The van der Waals surface area contributed by atoms with E-state index in [1.54, 1.807) is 34.4 Å². The third-order valence-electron chi connectivity index (χ3n) is 1.81. The Balaban J connectivity index is 2.68. The molecule has 1 aromatic rings. The molecule has 0 heterocycles. The smallest absolute Gasteiger partial charge is 0.336 e. The molecule has 4 heteroatoms. The van der Waals surface area contributed by atoms with Crippen LogP contribution in [0.4, 0.5) is 0 Å². The van der Waals surface area contributed by atoms with Gasteiger partial charge in [0.25, 0.3) is 0 Å². The number of hydrogen-bond donors (Lipinski definition) is 0. The van der Waals surface area contributed by atoms with E-state index in [9.17, 15) is 9.59 Å². The van der Waals surface area contributed by atoms with Crippen LogP contribution < -0.4 is 4.74 Å². The summed E-state index contributed by atoms with van der Waals surface area (Å²) < 4.78 is 6.60. The van der Waals surface area contributed by atoms with E-state index in [-0.39, 0.29) is 5.78 Å². The van der Waals surface area contributed by atoms with Crippen LogP contribution in [0.1, 0.15) is 12.5 Å². The minimum atomic E-state index is -0.411. The summed E-state index contributed by atoms with van der Waals surface area (Å²) in [5, 5.41) is 0. The zero-order valence-electron chi connectivity index (χ0n) is 9.22. The molecule has 0 saturated carbocycles. The van der Waals surface area contributed by atoms with Crippen LogP contribution in [0.5, 0.6) is 5.75 Å². The summed E-state index contributed by atoms with van der Waals surface area (Å²) in [4.78, 5) is 21.9. The van der Waals surface area contributed by atoms with E-state index in [1.165, 1.54) is 19.1 Å². The Labute approximate surface area is 113 Å². The summed E-state index contributed by atoms with van der Waals surface area (Å²) in [5.41, 5.74) is 0.879. The van der Waals surface area contributed by atoms with Crippen LogP contribution in [-0.4, -0.2) is 11.8 Å². The van der Waals surface area contributed by atoms with Crippen LogP contribution in [0.3, 0.4) is 0 Å². The highest BCUT2D eigenvalue weighted by molar-refractivity contribution is 14.1. The Bertz CT molecular complexity index is 458. The zero-order chi connectivity index (χ0) is 12.7. The Morgan fingerprint density at radius 3 is 2.35 bits per heavy atom. The molecule has 0 saturated heterocycles. The molecule has 1 rings (SSSR count). The topological polar surface area (TPSA) is 43.4 Å². The first-order valence-corrected chi connectivity index (χ1v) is 6.13. The minimum Gasteiger partial charge on any atom is -0.423 e. The quantitative estimate of drug-likeness (QED) is 0.365. The number of halogens is 1. The fourth-order valence-corrected chi connectivity index (χ4v) is 1.36. The molecule has 3 nitrogen and oxygen atoms in total. The van der Waals surface area contributed by atoms with E-state index >= 15 is 0 Å². The highest BCUT2D eigenvalue weighted by atomic mass is 127. The van der Waals surface area contributed by atoms with Crippen LogP contribution in [-0.2, 0) is 9.59 Å². The highest BCUT2D eigenvalue weighted by Gasteiger charge is 1.99. The van der Waals surface area contributed by atoms with Crippen molar-refractivity contribution in [2.75, 3.05) is 0 Å². The second-order valence-corrected chi connectivity index (χ2v) is 3.95. The van der Waals surface area contributed by atoms with Gasteiger partial charge in [-0.25, -0.2) is 4.79 Å². The number of ketones is 1. The van der Waals surface area contributed by atoms with E-state index in [4.69, 9.17) is 4.74 Å². The predicted molar refractivity (Wildman–Crippen MR) is 75.0 cm³/mol. The Morgan fingerprint density at radius 1 is 1.18 bits per heavy atom. The van der Waals surface area contributed by atoms with Crippen LogP contribution in [0.25, 0.3) is 6.08 Å². The van der Waals surface area contributed by atoms with Gasteiger partial charge in [-0.2, -0.15) is 0 Å². The first-order valence-electron chi connectivity index (χ1n) is 4.89. The van der Waals surface area contributed by atoms with Crippen molar-refractivity contribution in [3.8, 4) is 5.75 Å². The first kappa shape index (κ1) is 13.6. The summed E-state index contributed by atoms with van der Waals surface area (Å²) in [6.45, 7) is 1.49. The second-order valence-electron chi connectivity index (χ2n) is 3.23. The van der Waals surface area contributed by atoms with Crippen molar-refractivity contribution >= 4 is 40.4 Å². The summed E-state index contributed by atoms with van der Waals surface area (Å²) >= 11 is 1.95. The van der Waals surface area contributed by atoms with Crippen LogP contribution in [0.2, 0.25) is 0 Å². The molecule has 0 fully saturated rings. The van der Waals surface area contributed by atoms with E-state index in [1.807, 2.05) is 22.6 Å². The number of carbonyl (C=O) groups is 2. The molecular weight excluding hydrogens is 331 g/mol. The van der Waals surface area contributed by atoms with Crippen molar-refractivity contribution in [2.45, 2.75) is 6.92 Å². The summed E-state index contributed by atoms with van der Waals surface area (Å²) in [7, 11) is 0. The molecule has 0 radical (unpaired) electrons. The number of esters is 1. The van der Waals surface area contributed by atoms with E-state index in [0.717, 1.165) is 5.56 Å². The third-order valence-corrected chi connectivity index (χ3v) is 2.17. The lowest BCUT2D eigenvalue weighted by Crippen LogP contribution is -2.02. The number of allylic oxidation sites excluding steroid dienone is 1. The van der Waals surface area contributed by atoms with Gasteiger partial charge in [0.2, 0.25) is 0 Å². The Morgan fingerprint density at radius 2 is 1.82 bits per heavy atom. The van der Waals surface area contributed by atoms with Crippen molar-refractivity contribution < 1.29 is 14.3 Å². The highest BCUT2D eigenvalue weighted by Crippen LogP contribution is 2.13. The molecule has 0 N–H and O–H groups in total. The maximum Gasteiger partial charge on any atom is 0.336 e. The maximum atomic E-state index is 11.1. The molecule has 0 atom stereocenters. The van der Waals surface area contributed by atoms with Gasteiger partial charge >= 0.3 is 5.97 Å². The average molecular weight is 342 g/mol. The molecule has 0 bridgehead atoms. The van der Waals surface area contributed by atoms with E-state index in [0.29, 0.717) is 5.75 Å². The third kappa shape index (κ3) is 5.44. The molecule has 0 aromatic heterocycles. The van der Waals surface area contributed by atoms with Gasteiger partial charge < -0.3 is 4.74 Å². The SMILES string of the molecule is CC(=O)/C=C/c1ccc(OC(=O)/C=C/I)cc1. The Kier molecular flexibility index (Phi) is 5.62. The zero-order valence-corrected chi connectivity index (χ0v) is 11.4. The molecule has 0 aliphatic carbocycles. The van der Waals surface area contributed by atoms with Gasteiger partial charge in [-0.05, 0) is 34.8 Å². The normalized spacial score (nSPS) is 10.9. The van der Waals surface area contributed by atoms with E-state index in [2.05, 4.69) is 0 Å². The maximum absolute atomic E-state index is 11.1. The number of benzene rings is 1. The van der Waals surface area contributed by atoms with Gasteiger partial charge in [0.1, 0.15) is 5.75 Å². The van der Waals surface area contributed by atoms with Crippen molar-refractivity contribution in [3.63, 3.8) is 0 Å². The van der Waals surface area contributed by atoms with Crippen molar-refractivity contribution in [1.29, 1.82) is 0 Å². The molecule has 0 aliphatic heterocycles. The fraction of sp³-hybridized carbons (Fsp3) is 0.0769. The lowest BCUT2D eigenvalue weighted by Gasteiger charge is -2.01. The van der Waals surface area contributed by atoms with Gasteiger partial charge in [-0.15, -0.1) is 0 Å². The predicted octanol–water partition coefficient (Wildman–Crippen LogP) is 3.14. The largest absolute Gasteiger partial charge is 0.423 e. The lowest BCUT2D eigenvalue weighted by molar-refractivity contribution is -0.129. The minimum absolute atomic E-state index is 0.00677. The molecule has 88 valence electrons. The van der Waals surface area contributed by atoms with Crippen molar-refractivity contribution in [1.82, 2.24) is 0 Å². The van der Waals surface area contributed by atoms with Gasteiger partial charge in [0, 0.05) is 6.08 Å². The summed E-state index contributed by atoms with van der Waals surface area (Å²) in [5.74, 6) is 0.0589. The van der Waals surface area contributed by atoms with Crippen LogP contribution in [0.15, 0.2) is 40.5 Å². The fourth-order valence-electron chi connectivity index (χ4n) is 1.06. The van der Waals surface area contributed by atoms with Crippen molar-refractivity contribution in [3.05, 3.63) is 46.1 Å². The van der Waals surface area contributed by atoms with Gasteiger partial charge in [-0.1, -0.05) is 40.8 Å². The second kappa shape index (κ2) is 7.01. The molecule has 1 aromatic carbocycles. The number of hydrogen-bond acceptors (Lipinski definition) is 3. The number of carbonyl (C=O) groups excluding carboxylic acids is 2. The molecular formula is C13H11IO3. The van der Waals surface area contributed by atoms with Gasteiger partial charge in [0.05, 0.1) is 0 Å². The number of ether oxygens (including phenoxy) is 1. The van der Waals surface area contributed by atoms with Crippen LogP contribution in [0, 0.1) is 0 Å². The Hall–Kier alpha value is -1.43. The molecule has 17 heavy (non-hydrogen) atoms. The summed E-state index contributed by atoms with van der Waals surface area (Å²) in [6.07, 6.45) is 4.53. The standard InChI is InChI=1S/C13H11IO3/c1-10(15)2-3-11-4-6-12(7-5-11)17-13(16)8-9-14/h2-9H,1H3/b3-2+,9-8+.